The molecular weight excluding hydrogens is 334 g/mol. The van der Waals surface area contributed by atoms with E-state index in [9.17, 15) is 0 Å². The molecule has 1 aromatic carbocycles. The Labute approximate surface area is 148 Å². The summed E-state index contributed by atoms with van der Waals surface area (Å²) in [4.78, 5) is 4.38. The smallest absolute Gasteiger partial charge is 0.261 e. The third-order valence-electron chi connectivity index (χ3n) is 4.45. The Morgan fingerprint density at radius 1 is 1.15 bits per heavy atom. The van der Waals surface area contributed by atoms with Crippen LogP contribution in [0.3, 0.4) is 0 Å². The first-order chi connectivity index (χ1) is 12.8. The lowest BCUT2D eigenvalue weighted by Crippen LogP contribution is -2.22. The van der Waals surface area contributed by atoms with E-state index in [1.165, 1.54) is 5.56 Å². The molecule has 0 aliphatic carbocycles. The monoisotopic (exact) mass is 349 g/mol. The number of hydrogen-bond acceptors (Lipinski definition) is 7. The predicted molar refractivity (Wildman–Crippen MR) is 89.7 cm³/mol. The summed E-state index contributed by atoms with van der Waals surface area (Å²) in [7, 11) is 0. The molecule has 0 spiro atoms. The zero-order chi connectivity index (χ0) is 17.5. The van der Waals surface area contributed by atoms with E-state index in [4.69, 9.17) is 13.7 Å². The molecule has 1 aliphatic rings. The molecule has 4 aromatic rings. The van der Waals surface area contributed by atoms with Crippen LogP contribution in [0, 0.1) is 6.92 Å². The van der Waals surface area contributed by atoms with Gasteiger partial charge in [0.1, 0.15) is 12.4 Å². The Hall–Kier alpha value is -3.26. The molecule has 0 N–H and O–H groups in total. The zero-order valence-electron chi connectivity index (χ0n) is 14.0. The number of ether oxygens (including phenoxy) is 1. The van der Waals surface area contributed by atoms with Crippen LogP contribution in [0.25, 0.3) is 23.0 Å². The molecule has 8 nitrogen and oxygen atoms in total. The van der Waals surface area contributed by atoms with Crippen LogP contribution in [0.5, 0.6) is 0 Å². The molecule has 1 atom stereocenters. The van der Waals surface area contributed by atoms with Gasteiger partial charge in [0.05, 0.1) is 30.7 Å². The van der Waals surface area contributed by atoms with Crippen LogP contribution in [0.1, 0.15) is 22.9 Å². The Morgan fingerprint density at radius 2 is 2.04 bits per heavy atom. The van der Waals surface area contributed by atoms with E-state index in [2.05, 4.69) is 51.6 Å². The lowest BCUT2D eigenvalue weighted by atomic mass is 10.1. The van der Waals surface area contributed by atoms with Crippen molar-refractivity contribution >= 4 is 0 Å². The van der Waals surface area contributed by atoms with E-state index in [0.717, 1.165) is 16.8 Å². The fraction of sp³-hybridized carbons (Fsp3) is 0.222. The van der Waals surface area contributed by atoms with Crippen molar-refractivity contribution in [1.29, 1.82) is 0 Å². The molecule has 1 aliphatic heterocycles. The minimum atomic E-state index is -0.0515. The maximum absolute atomic E-state index is 6.03. The second-order valence-electron chi connectivity index (χ2n) is 6.21. The number of aromatic nitrogens is 5. The summed E-state index contributed by atoms with van der Waals surface area (Å²) in [5.41, 5.74) is 4.48. The number of fused-ring (bicyclic) bond motifs is 1. The van der Waals surface area contributed by atoms with Crippen molar-refractivity contribution in [3.8, 4) is 23.0 Å². The second kappa shape index (κ2) is 5.92. The van der Waals surface area contributed by atoms with Crippen molar-refractivity contribution in [2.24, 2.45) is 0 Å². The van der Waals surface area contributed by atoms with Gasteiger partial charge in [0.2, 0.25) is 5.82 Å². The van der Waals surface area contributed by atoms with Gasteiger partial charge in [0.15, 0.2) is 5.69 Å². The lowest BCUT2D eigenvalue weighted by Gasteiger charge is -2.24. The highest BCUT2D eigenvalue weighted by atomic mass is 16.5. The topological polar surface area (TPSA) is 92.0 Å². The lowest BCUT2D eigenvalue weighted by molar-refractivity contribution is -0.00112. The van der Waals surface area contributed by atoms with E-state index in [1.54, 1.807) is 18.6 Å². The number of rotatable bonds is 3. The van der Waals surface area contributed by atoms with Gasteiger partial charge in [-0.1, -0.05) is 40.2 Å². The first-order valence-electron chi connectivity index (χ1n) is 8.25. The molecule has 0 saturated carbocycles. The molecule has 0 amide bonds. The first-order valence-corrected chi connectivity index (χ1v) is 8.25. The SMILES string of the molecule is Cc1ccc([C@@H]2Cn3nnc(-c4noc(-c5ccoc5)n4)c3CO2)cc1. The number of aryl methyl sites for hydroxylation is 1. The van der Waals surface area contributed by atoms with Gasteiger partial charge in [-0.15, -0.1) is 5.10 Å². The molecule has 0 saturated heterocycles. The molecular formula is C18H15N5O3. The third kappa shape index (κ3) is 2.51. The summed E-state index contributed by atoms with van der Waals surface area (Å²) in [5.74, 6) is 0.768. The Bertz CT molecular complexity index is 1030. The Balaban J connectivity index is 1.42. The maximum Gasteiger partial charge on any atom is 0.261 e. The number of furan rings is 1. The van der Waals surface area contributed by atoms with Crippen LogP contribution in [0.15, 0.2) is 51.8 Å². The van der Waals surface area contributed by atoms with Gasteiger partial charge in [-0.25, -0.2) is 4.68 Å². The summed E-state index contributed by atoms with van der Waals surface area (Å²) in [6.07, 6.45) is 3.05. The normalized spacial score (nSPS) is 16.6. The molecule has 8 heteroatoms. The fourth-order valence-electron chi connectivity index (χ4n) is 2.99. The van der Waals surface area contributed by atoms with Crippen molar-refractivity contribution in [3.63, 3.8) is 0 Å². The van der Waals surface area contributed by atoms with Crippen molar-refractivity contribution in [1.82, 2.24) is 25.1 Å². The molecule has 3 aromatic heterocycles. The van der Waals surface area contributed by atoms with Crippen LogP contribution in [0.2, 0.25) is 0 Å². The largest absolute Gasteiger partial charge is 0.472 e. The molecule has 0 fully saturated rings. The Kier molecular flexibility index (Phi) is 3.42. The quantitative estimate of drug-likeness (QED) is 0.561. The molecule has 0 radical (unpaired) electrons. The van der Waals surface area contributed by atoms with Crippen molar-refractivity contribution in [2.45, 2.75) is 26.2 Å². The van der Waals surface area contributed by atoms with Crippen LogP contribution < -0.4 is 0 Å². The average Bonchev–Trinajstić information content (AvgIpc) is 3.41. The summed E-state index contributed by atoms with van der Waals surface area (Å²) >= 11 is 0. The fourth-order valence-corrected chi connectivity index (χ4v) is 2.99. The molecule has 0 unspecified atom stereocenters. The van der Waals surface area contributed by atoms with E-state index < -0.39 is 0 Å². The number of hydrogen-bond donors (Lipinski definition) is 0. The highest BCUT2D eigenvalue weighted by Gasteiger charge is 2.27. The van der Waals surface area contributed by atoms with E-state index in [0.29, 0.717) is 30.6 Å². The van der Waals surface area contributed by atoms with Gasteiger partial charge in [0.25, 0.3) is 5.89 Å². The van der Waals surface area contributed by atoms with Gasteiger partial charge in [0, 0.05) is 0 Å². The van der Waals surface area contributed by atoms with Crippen LogP contribution in [0.4, 0.5) is 0 Å². The first kappa shape index (κ1) is 15.0. The van der Waals surface area contributed by atoms with Gasteiger partial charge >= 0.3 is 0 Å². The van der Waals surface area contributed by atoms with E-state index in [-0.39, 0.29) is 6.10 Å². The minimum absolute atomic E-state index is 0.0515. The van der Waals surface area contributed by atoms with Gasteiger partial charge in [-0.05, 0) is 18.6 Å². The number of benzene rings is 1. The van der Waals surface area contributed by atoms with E-state index in [1.807, 2.05) is 4.68 Å². The van der Waals surface area contributed by atoms with Gasteiger partial charge < -0.3 is 13.7 Å². The number of nitrogens with zero attached hydrogens (tertiary/aromatic N) is 5. The van der Waals surface area contributed by atoms with Gasteiger partial charge in [-0.3, -0.25) is 0 Å². The average molecular weight is 349 g/mol. The Morgan fingerprint density at radius 3 is 2.85 bits per heavy atom. The molecule has 26 heavy (non-hydrogen) atoms. The summed E-state index contributed by atoms with van der Waals surface area (Å²) in [5, 5.41) is 12.5. The van der Waals surface area contributed by atoms with Gasteiger partial charge in [-0.2, -0.15) is 4.98 Å². The van der Waals surface area contributed by atoms with Crippen LogP contribution in [-0.2, 0) is 17.9 Å². The predicted octanol–water partition coefficient (Wildman–Crippen LogP) is 3.17. The molecule has 5 rings (SSSR count). The van der Waals surface area contributed by atoms with Crippen molar-refractivity contribution < 1.29 is 13.7 Å². The standard InChI is InChI=1S/C18H15N5O3/c1-11-2-4-12(5-3-11)15-8-23-14(10-25-15)16(20-22-23)17-19-18(26-21-17)13-6-7-24-9-13/h2-7,9,15H,8,10H2,1H3/t15-/m0/s1. The molecule has 0 bridgehead atoms. The highest BCUT2D eigenvalue weighted by Crippen LogP contribution is 2.30. The minimum Gasteiger partial charge on any atom is -0.472 e. The second-order valence-corrected chi connectivity index (χ2v) is 6.21. The van der Waals surface area contributed by atoms with Crippen molar-refractivity contribution in [2.75, 3.05) is 0 Å². The highest BCUT2D eigenvalue weighted by molar-refractivity contribution is 5.57. The summed E-state index contributed by atoms with van der Waals surface area (Å²) < 4.78 is 18.2. The van der Waals surface area contributed by atoms with Crippen LogP contribution >= 0.6 is 0 Å². The van der Waals surface area contributed by atoms with E-state index >= 15 is 0 Å². The summed E-state index contributed by atoms with van der Waals surface area (Å²) in [6, 6.07) is 10.1. The zero-order valence-corrected chi connectivity index (χ0v) is 14.0. The van der Waals surface area contributed by atoms with Crippen molar-refractivity contribution in [3.05, 3.63) is 59.7 Å². The molecule has 4 heterocycles. The third-order valence-corrected chi connectivity index (χ3v) is 4.45. The summed E-state index contributed by atoms with van der Waals surface area (Å²) in [6.45, 7) is 3.05. The maximum atomic E-state index is 6.03. The van der Waals surface area contributed by atoms with Crippen LogP contribution in [-0.4, -0.2) is 25.1 Å². The molecule has 130 valence electrons.